The van der Waals surface area contributed by atoms with Gasteiger partial charge in [-0.3, -0.25) is 0 Å². The Hall–Kier alpha value is -1.97. The molecule has 1 heterocycles. The summed E-state index contributed by atoms with van der Waals surface area (Å²) in [5.74, 6) is 0.666. The molecular formula is C14H16N2O2. The molecule has 1 aliphatic rings. The van der Waals surface area contributed by atoms with Crippen LogP contribution in [0.2, 0.25) is 0 Å². The summed E-state index contributed by atoms with van der Waals surface area (Å²) in [6, 6.07) is 6.35. The maximum absolute atomic E-state index is 10.6. The summed E-state index contributed by atoms with van der Waals surface area (Å²) < 4.78 is 2.07. The van der Waals surface area contributed by atoms with Crippen molar-refractivity contribution in [2.75, 3.05) is 0 Å². The average Bonchev–Trinajstić information content (AvgIpc) is 3.13. The van der Waals surface area contributed by atoms with Crippen LogP contribution in [0, 0.1) is 0 Å². The van der Waals surface area contributed by atoms with Crippen LogP contribution in [0.1, 0.15) is 29.9 Å². The second kappa shape index (κ2) is 4.05. The zero-order valence-electron chi connectivity index (χ0n) is 10.3. The number of benzene rings is 1. The van der Waals surface area contributed by atoms with Gasteiger partial charge in [-0.2, -0.15) is 0 Å². The lowest BCUT2D eigenvalue weighted by Crippen LogP contribution is -2.19. The molecule has 3 rings (SSSR count). The Labute approximate surface area is 105 Å². The predicted molar refractivity (Wildman–Crippen MR) is 69.8 cm³/mol. The second-order valence-corrected chi connectivity index (χ2v) is 4.94. The fourth-order valence-electron chi connectivity index (χ4n) is 2.61. The number of hydrogen-bond acceptors (Lipinski definition) is 1. The van der Waals surface area contributed by atoms with Gasteiger partial charge < -0.3 is 15.0 Å². The summed E-state index contributed by atoms with van der Waals surface area (Å²) in [5.41, 5.74) is 3.62. The molecule has 18 heavy (non-hydrogen) atoms. The van der Waals surface area contributed by atoms with Crippen molar-refractivity contribution in [3.05, 3.63) is 35.5 Å². The number of carbonyl (C=O) groups is 1. The first-order valence-corrected chi connectivity index (χ1v) is 6.20. The molecule has 1 fully saturated rings. The first kappa shape index (κ1) is 11.1. The molecule has 0 saturated heterocycles. The number of carboxylic acid groups (broad SMARTS) is 1. The van der Waals surface area contributed by atoms with E-state index in [1.54, 1.807) is 0 Å². The van der Waals surface area contributed by atoms with Crippen LogP contribution in [0.25, 0.3) is 10.9 Å². The third kappa shape index (κ3) is 1.83. The lowest BCUT2D eigenvalue weighted by Gasteiger charge is -2.05. The van der Waals surface area contributed by atoms with Gasteiger partial charge in [-0.05, 0) is 36.0 Å². The zero-order valence-corrected chi connectivity index (χ0v) is 10.3. The van der Waals surface area contributed by atoms with Crippen LogP contribution in [0.5, 0.6) is 0 Å². The van der Waals surface area contributed by atoms with Crippen molar-refractivity contribution in [2.45, 2.75) is 25.3 Å². The Morgan fingerprint density at radius 2 is 2.28 bits per heavy atom. The van der Waals surface area contributed by atoms with E-state index in [2.05, 4.69) is 28.1 Å². The molecule has 94 valence electrons. The Morgan fingerprint density at radius 1 is 1.50 bits per heavy atom. The molecule has 0 spiro atoms. The minimum atomic E-state index is -0.976. The number of aryl methyl sites for hydroxylation is 1. The first-order chi connectivity index (χ1) is 8.66. The molecule has 1 aliphatic carbocycles. The molecule has 0 radical (unpaired) electrons. The van der Waals surface area contributed by atoms with E-state index in [0.717, 1.165) is 5.56 Å². The standard InChI is InChI=1S/C14H16N2O2/c1-16-8-10(7-15-14(17)18)13-11(9-5-6-9)3-2-4-12(13)16/h2-4,8-9,15H,5-7H2,1H3,(H,17,18). The Morgan fingerprint density at radius 3 is 2.94 bits per heavy atom. The highest BCUT2D eigenvalue weighted by molar-refractivity contribution is 5.88. The van der Waals surface area contributed by atoms with E-state index in [1.807, 2.05) is 13.2 Å². The fourth-order valence-corrected chi connectivity index (χ4v) is 2.61. The molecule has 2 aromatic rings. The van der Waals surface area contributed by atoms with Crippen molar-refractivity contribution in [3.8, 4) is 0 Å². The van der Waals surface area contributed by atoms with Crippen molar-refractivity contribution in [3.63, 3.8) is 0 Å². The maximum atomic E-state index is 10.6. The number of nitrogens with one attached hydrogen (secondary N) is 1. The third-order valence-electron chi connectivity index (χ3n) is 3.57. The van der Waals surface area contributed by atoms with E-state index in [-0.39, 0.29) is 0 Å². The van der Waals surface area contributed by atoms with Crippen LogP contribution in [0.4, 0.5) is 4.79 Å². The van der Waals surface area contributed by atoms with E-state index < -0.39 is 6.09 Å². The van der Waals surface area contributed by atoms with E-state index >= 15 is 0 Å². The molecular weight excluding hydrogens is 228 g/mol. The normalized spacial score (nSPS) is 14.9. The molecule has 1 saturated carbocycles. The number of aromatic nitrogens is 1. The van der Waals surface area contributed by atoms with Gasteiger partial charge in [0.25, 0.3) is 0 Å². The molecule has 1 aromatic heterocycles. The monoisotopic (exact) mass is 244 g/mol. The van der Waals surface area contributed by atoms with Crippen molar-refractivity contribution in [2.24, 2.45) is 7.05 Å². The van der Waals surface area contributed by atoms with Crippen LogP contribution in [0.3, 0.4) is 0 Å². The number of fused-ring (bicyclic) bond motifs is 1. The number of rotatable bonds is 3. The second-order valence-electron chi connectivity index (χ2n) is 4.94. The van der Waals surface area contributed by atoms with Gasteiger partial charge in [-0.25, -0.2) is 4.79 Å². The molecule has 0 bridgehead atoms. The minimum Gasteiger partial charge on any atom is -0.465 e. The van der Waals surface area contributed by atoms with Gasteiger partial charge in [-0.15, -0.1) is 0 Å². The van der Waals surface area contributed by atoms with Crippen LogP contribution in [-0.2, 0) is 13.6 Å². The molecule has 4 nitrogen and oxygen atoms in total. The van der Waals surface area contributed by atoms with Gasteiger partial charge in [0, 0.05) is 30.7 Å². The summed E-state index contributed by atoms with van der Waals surface area (Å²) in [6.45, 7) is 0.371. The highest BCUT2D eigenvalue weighted by Gasteiger charge is 2.26. The third-order valence-corrected chi connectivity index (χ3v) is 3.57. The molecule has 0 aliphatic heterocycles. The van der Waals surface area contributed by atoms with E-state index in [0.29, 0.717) is 12.5 Å². The van der Waals surface area contributed by atoms with Crippen LogP contribution in [0.15, 0.2) is 24.4 Å². The zero-order chi connectivity index (χ0) is 12.7. The highest BCUT2D eigenvalue weighted by atomic mass is 16.4. The predicted octanol–water partition coefficient (Wildman–Crippen LogP) is 2.82. The summed E-state index contributed by atoms with van der Waals surface area (Å²) >= 11 is 0. The lowest BCUT2D eigenvalue weighted by molar-refractivity contribution is 0.194. The number of nitrogens with zero attached hydrogens (tertiary/aromatic N) is 1. The Bertz CT molecular complexity index is 612. The van der Waals surface area contributed by atoms with E-state index in [4.69, 9.17) is 5.11 Å². The summed E-state index contributed by atoms with van der Waals surface area (Å²) in [7, 11) is 2.00. The Balaban J connectivity index is 2.09. The maximum Gasteiger partial charge on any atom is 0.404 e. The minimum absolute atomic E-state index is 0.371. The van der Waals surface area contributed by atoms with Gasteiger partial charge in [-0.1, -0.05) is 12.1 Å². The average molecular weight is 244 g/mol. The molecule has 1 aromatic carbocycles. The molecule has 1 amide bonds. The van der Waals surface area contributed by atoms with Gasteiger partial charge in [0.1, 0.15) is 0 Å². The number of amides is 1. The van der Waals surface area contributed by atoms with Gasteiger partial charge >= 0.3 is 6.09 Å². The summed E-state index contributed by atoms with van der Waals surface area (Å²) in [5, 5.41) is 12.4. The van der Waals surface area contributed by atoms with Crippen molar-refractivity contribution >= 4 is 17.0 Å². The molecule has 4 heteroatoms. The molecule has 2 N–H and O–H groups in total. The lowest BCUT2D eigenvalue weighted by atomic mass is 10.0. The highest BCUT2D eigenvalue weighted by Crippen LogP contribution is 2.44. The first-order valence-electron chi connectivity index (χ1n) is 6.20. The fraction of sp³-hybridized carbons (Fsp3) is 0.357. The SMILES string of the molecule is Cn1cc(CNC(=O)O)c2c(C3CC3)cccc21. The van der Waals surface area contributed by atoms with Crippen LogP contribution >= 0.6 is 0 Å². The van der Waals surface area contributed by atoms with Crippen molar-refractivity contribution in [1.29, 1.82) is 0 Å². The van der Waals surface area contributed by atoms with E-state index in [1.165, 1.54) is 29.3 Å². The topological polar surface area (TPSA) is 54.3 Å². The molecule has 0 unspecified atom stereocenters. The van der Waals surface area contributed by atoms with Gasteiger partial charge in [0.05, 0.1) is 0 Å². The number of hydrogen-bond donors (Lipinski definition) is 2. The Kier molecular flexibility index (Phi) is 2.51. The van der Waals surface area contributed by atoms with E-state index in [9.17, 15) is 4.79 Å². The van der Waals surface area contributed by atoms with Crippen LogP contribution in [-0.4, -0.2) is 15.8 Å². The van der Waals surface area contributed by atoms with Crippen molar-refractivity contribution in [1.82, 2.24) is 9.88 Å². The van der Waals surface area contributed by atoms with Gasteiger partial charge in [0.2, 0.25) is 0 Å². The molecule has 0 atom stereocenters. The largest absolute Gasteiger partial charge is 0.465 e. The van der Waals surface area contributed by atoms with Crippen molar-refractivity contribution < 1.29 is 9.90 Å². The smallest absolute Gasteiger partial charge is 0.404 e. The summed E-state index contributed by atoms with van der Waals surface area (Å²) in [4.78, 5) is 10.6. The summed E-state index contributed by atoms with van der Waals surface area (Å²) in [6.07, 6.45) is 3.54. The van der Waals surface area contributed by atoms with Gasteiger partial charge in [0.15, 0.2) is 0 Å². The van der Waals surface area contributed by atoms with Crippen LogP contribution < -0.4 is 5.32 Å². The quantitative estimate of drug-likeness (QED) is 0.872.